The largest absolute Gasteiger partial charge is 0.497 e. The van der Waals surface area contributed by atoms with Crippen molar-refractivity contribution in [1.29, 1.82) is 0 Å². The Hall–Kier alpha value is -2.14. The Balaban J connectivity index is 1.54. The SMILES string of the molecule is COc1ccc(CCC(=O)Cc2cn3ccsc3n2)cc1. The van der Waals surface area contributed by atoms with E-state index in [2.05, 4.69) is 4.98 Å². The minimum absolute atomic E-state index is 0.219. The number of hydrogen-bond donors (Lipinski definition) is 0. The molecule has 1 aromatic carbocycles. The number of rotatable bonds is 6. The number of imidazole rings is 1. The van der Waals surface area contributed by atoms with E-state index in [0.717, 1.165) is 28.4 Å². The number of ether oxygens (including phenoxy) is 1. The molecule has 108 valence electrons. The van der Waals surface area contributed by atoms with Crippen LogP contribution in [0.3, 0.4) is 0 Å². The summed E-state index contributed by atoms with van der Waals surface area (Å²) in [6, 6.07) is 7.84. The molecule has 0 aliphatic carbocycles. The predicted molar refractivity (Wildman–Crippen MR) is 83.1 cm³/mol. The van der Waals surface area contributed by atoms with Crippen LogP contribution in [-0.2, 0) is 17.6 Å². The Morgan fingerprint density at radius 1 is 1.33 bits per heavy atom. The number of aromatic nitrogens is 2. The van der Waals surface area contributed by atoms with Crippen molar-refractivity contribution < 1.29 is 9.53 Å². The van der Waals surface area contributed by atoms with Crippen LogP contribution < -0.4 is 4.74 Å². The van der Waals surface area contributed by atoms with E-state index in [9.17, 15) is 4.79 Å². The number of Topliss-reactive ketones (excluding diaryl/α,β-unsaturated/α-hetero) is 1. The zero-order valence-corrected chi connectivity index (χ0v) is 12.6. The summed E-state index contributed by atoms with van der Waals surface area (Å²) in [5.74, 6) is 1.06. The second kappa shape index (κ2) is 6.10. The molecule has 0 amide bonds. The van der Waals surface area contributed by atoms with Gasteiger partial charge in [0.15, 0.2) is 4.96 Å². The van der Waals surface area contributed by atoms with Gasteiger partial charge in [-0.1, -0.05) is 12.1 Å². The van der Waals surface area contributed by atoms with E-state index in [-0.39, 0.29) is 5.78 Å². The molecule has 0 spiro atoms. The van der Waals surface area contributed by atoms with Crippen molar-refractivity contribution in [3.8, 4) is 5.75 Å². The Labute approximate surface area is 127 Å². The minimum atomic E-state index is 0.219. The zero-order chi connectivity index (χ0) is 14.7. The van der Waals surface area contributed by atoms with Crippen molar-refractivity contribution >= 4 is 22.1 Å². The zero-order valence-electron chi connectivity index (χ0n) is 11.8. The fraction of sp³-hybridized carbons (Fsp3) is 0.250. The highest BCUT2D eigenvalue weighted by Crippen LogP contribution is 2.14. The van der Waals surface area contributed by atoms with Gasteiger partial charge in [-0.05, 0) is 24.1 Å². The van der Waals surface area contributed by atoms with E-state index < -0.39 is 0 Å². The number of nitrogens with zero attached hydrogens (tertiary/aromatic N) is 2. The van der Waals surface area contributed by atoms with Crippen LogP contribution in [0.4, 0.5) is 0 Å². The molecule has 2 aromatic heterocycles. The molecule has 21 heavy (non-hydrogen) atoms. The first-order valence-electron chi connectivity index (χ1n) is 6.80. The number of carbonyl (C=O) groups is 1. The molecule has 3 rings (SSSR count). The van der Waals surface area contributed by atoms with E-state index in [1.165, 1.54) is 0 Å². The Morgan fingerprint density at radius 3 is 2.86 bits per heavy atom. The summed E-state index contributed by atoms with van der Waals surface area (Å²) in [5, 5.41) is 1.98. The van der Waals surface area contributed by atoms with Gasteiger partial charge in [0.1, 0.15) is 11.5 Å². The van der Waals surface area contributed by atoms with E-state index in [1.54, 1.807) is 18.4 Å². The van der Waals surface area contributed by atoms with Crippen LogP contribution in [-0.4, -0.2) is 22.3 Å². The summed E-state index contributed by atoms with van der Waals surface area (Å²) in [7, 11) is 1.65. The summed E-state index contributed by atoms with van der Waals surface area (Å²) >= 11 is 1.58. The molecule has 0 aliphatic heterocycles. The average molecular weight is 300 g/mol. The number of aryl methyl sites for hydroxylation is 1. The number of methoxy groups -OCH3 is 1. The molecule has 0 saturated heterocycles. The van der Waals surface area contributed by atoms with Crippen LogP contribution in [0.1, 0.15) is 17.7 Å². The molecular weight excluding hydrogens is 284 g/mol. The van der Waals surface area contributed by atoms with Gasteiger partial charge < -0.3 is 4.74 Å². The third-order valence-electron chi connectivity index (χ3n) is 3.37. The smallest absolute Gasteiger partial charge is 0.193 e. The van der Waals surface area contributed by atoms with Crippen LogP contribution in [0.15, 0.2) is 42.0 Å². The number of ketones is 1. The molecule has 2 heterocycles. The lowest BCUT2D eigenvalue weighted by atomic mass is 10.1. The van der Waals surface area contributed by atoms with Crippen LogP contribution in [0.2, 0.25) is 0 Å². The summed E-state index contributed by atoms with van der Waals surface area (Å²) < 4.78 is 7.07. The fourth-order valence-corrected chi connectivity index (χ4v) is 2.95. The van der Waals surface area contributed by atoms with Crippen molar-refractivity contribution in [3.05, 3.63) is 53.3 Å². The summed E-state index contributed by atoms with van der Waals surface area (Å²) in [6.07, 6.45) is 5.59. The first-order chi connectivity index (χ1) is 10.2. The monoisotopic (exact) mass is 300 g/mol. The average Bonchev–Trinajstić information content (AvgIpc) is 3.07. The van der Waals surface area contributed by atoms with Gasteiger partial charge in [0.05, 0.1) is 19.2 Å². The predicted octanol–water partition coefficient (Wildman–Crippen LogP) is 3.15. The third kappa shape index (κ3) is 3.31. The van der Waals surface area contributed by atoms with Crippen LogP contribution in [0.25, 0.3) is 4.96 Å². The second-order valence-corrected chi connectivity index (χ2v) is 5.76. The van der Waals surface area contributed by atoms with Gasteiger partial charge in [-0.25, -0.2) is 4.98 Å². The van der Waals surface area contributed by atoms with Gasteiger partial charge >= 0.3 is 0 Å². The van der Waals surface area contributed by atoms with Gasteiger partial charge in [-0.15, -0.1) is 11.3 Å². The molecule has 5 heteroatoms. The molecule has 0 N–H and O–H groups in total. The van der Waals surface area contributed by atoms with E-state index >= 15 is 0 Å². The van der Waals surface area contributed by atoms with Gasteiger partial charge in [0.2, 0.25) is 0 Å². The maximum Gasteiger partial charge on any atom is 0.193 e. The maximum atomic E-state index is 12.0. The van der Waals surface area contributed by atoms with Crippen LogP contribution in [0, 0.1) is 0 Å². The van der Waals surface area contributed by atoms with Gasteiger partial charge in [-0.2, -0.15) is 0 Å². The number of thiazole rings is 1. The molecule has 0 saturated carbocycles. The molecular formula is C16H16N2O2S. The lowest BCUT2D eigenvalue weighted by Crippen LogP contribution is -2.04. The quantitative estimate of drug-likeness (QED) is 0.702. The summed E-state index contributed by atoms with van der Waals surface area (Å²) in [4.78, 5) is 17.4. The third-order valence-corrected chi connectivity index (χ3v) is 4.14. The number of fused-ring (bicyclic) bond motifs is 1. The minimum Gasteiger partial charge on any atom is -0.497 e. The lowest BCUT2D eigenvalue weighted by molar-refractivity contribution is -0.118. The molecule has 0 bridgehead atoms. The highest BCUT2D eigenvalue weighted by Gasteiger charge is 2.08. The van der Waals surface area contributed by atoms with Crippen molar-refractivity contribution in [1.82, 2.24) is 9.38 Å². The van der Waals surface area contributed by atoms with E-state index in [0.29, 0.717) is 12.8 Å². The molecule has 0 radical (unpaired) electrons. The number of benzene rings is 1. The van der Waals surface area contributed by atoms with Crippen LogP contribution >= 0.6 is 11.3 Å². The summed E-state index contributed by atoms with van der Waals surface area (Å²) in [6.45, 7) is 0. The van der Waals surface area contributed by atoms with Gasteiger partial charge in [-0.3, -0.25) is 9.20 Å². The second-order valence-electron chi connectivity index (χ2n) is 4.89. The molecule has 0 fully saturated rings. The normalized spacial score (nSPS) is 10.9. The van der Waals surface area contributed by atoms with E-state index in [4.69, 9.17) is 4.74 Å². The first-order valence-corrected chi connectivity index (χ1v) is 7.68. The van der Waals surface area contributed by atoms with Crippen molar-refractivity contribution in [2.45, 2.75) is 19.3 Å². The molecule has 0 unspecified atom stereocenters. The standard InChI is InChI=1S/C16H16N2O2S/c1-20-15-6-3-12(4-7-15)2-5-14(19)10-13-11-18-8-9-21-16(18)17-13/h3-4,6-9,11H,2,5,10H2,1H3. The summed E-state index contributed by atoms with van der Waals surface area (Å²) in [5.41, 5.74) is 2.00. The highest BCUT2D eigenvalue weighted by molar-refractivity contribution is 7.15. The molecule has 0 atom stereocenters. The van der Waals surface area contributed by atoms with Crippen molar-refractivity contribution in [3.63, 3.8) is 0 Å². The molecule has 3 aromatic rings. The number of hydrogen-bond acceptors (Lipinski definition) is 4. The topological polar surface area (TPSA) is 43.6 Å². The molecule has 0 aliphatic rings. The highest BCUT2D eigenvalue weighted by atomic mass is 32.1. The van der Waals surface area contributed by atoms with Gasteiger partial charge in [0.25, 0.3) is 0 Å². The fourth-order valence-electron chi connectivity index (χ4n) is 2.23. The molecule has 4 nitrogen and oxygen atoms in total. The van der Waals surface area contributed by atoms with Crippen LogP contribution in [0.5, 0.6) is 5.75 Å². The van der Waals surface area contributed by atoms with Crippen molar-refractivity contribution in [2.75, 3.05) is 7.11 Å². The van der Waals surface area contributed by atoms with Crippen molar-refractivity contribution in [2.24, 2.45) is 0 Å². The Bertz CT molecular complexity index is 715. The Morgan fingerprint density at radius 2 is 2.14 bits per heavy atom. The maximum absolute atomic E-state index is 12.0. The number of carbonyl (C=O) groups excluding carboxylic acids is 1. The Kier molecular flexibility index (Phi) is 4.01. The lowest BCUT2D eigenvalue weighted by Gasteiger charge is -2.03. The first kappa shape index (κ1) is 13.8. The van der Waals surface area contributed by atoms with Gasteiger partial charge in [0, 0.05) is 24.2 Å². The van der Waals surface area contributed by atoms with E-state index in [1.807, 2.05) is 46.4 Å².